The van der Waals surface area contributed by atoms with Crippen LogP contribution in [0.25, 0.3) is 10.2 Å². The fourth-order valence-corrected chi connectivity index (χ4v) is 6.76. The largest absolute Gasteiger partial charge is 0.508 e. The van der Waals surface area contributed by atoms with Gasteiger partial charge in [-0.15, -0.1) is 11.3 Å². The van der Waals surface area contributed by atoms with Crippen LogP contribution in [0.15, 0.2) is 48.7 Å². The summed E-state index contributed by atoms with van der Waals surface area (Å²) in [5.74, 6) is 0.115. The van der Waals surface area contributed by atoms with Crippen LogP contribution in [0.5, 0.6) is 5.75 Å². The highest BCUT2D eigenvalue weighted by Gasteiger charge is 2.47. The summed E-state index contributed by atoms with van der Waals surface area (Å²) in [5, 5.41) is 17.0. The molecule has 1 unspecified atom stereocenters. The van der Waals surface area contributed by atoms with Crippen LogP contribution in [0.3, 0.4) is 0 Å². The van der Waals surface area contributed by atoms with Crippen molar-refractivity contribution in [3.63, 3.8) is 0 Å². The van der Waals surface area contributed by atoms with Gasteiger partial charge in [-0.05, 0) is 49.7 Å². The van der Waals surface area contributed by atoms with Gasteiger partial charge in [0, 0.05) is 29.6 Å². The SMILES string of the molecule is C=C(NC1CCCCCC1)C1(NC)Cn2c(cc3sc(CCF)cc32)C(=O)N1Cc1ccc(O)cc1. The molecule has 1 amide bonds. The summed E-state index contributed by atoms with van der Waals surface area (Å²) in [7, 11) is 1.88. The molecule has 6 nitrogen and oxygen atoms in total. The first-order chi connectivity index (χ1) is 17.4. The van der Waals surface area contributed by atoms with Crippen LogP contribution < -0.4 is 10.6 Å². The molecule has 36 heavy (non-hydrogen) atoms. The molecule has 0 saturated heterocycles. The molecule has 0 radical (unpaired) electrons. The van der Waals surface area contributed by atoms with Crippen molar-refractivity contribution >= 4 is 27.5 Å². The number of aromatic nitrogens is 1. The number of aryl methyl sites for hydroxylation is 1. The number of aromatic hydroxyl groups is 1. The molecule has 3 N–H and O–H groups in total. The smallest absolute Gasteiger partial charge is 0.272 e. The van der Waals surface area contributed by atoms with Gasteiger partial charge in [-0.3, -0.25) is 14.5 Å². The van der Waals surface area contributed by atoms with Gasteiger partial charge in [0.2, 0.25) is 0 Å². The van der Waals surface area contributed by atoms with Crippen molar-refractivity contribution in [3.05, 3.63) is 64.8 Å². The Labute approximate surface area is 215 Å². The zero-order chi connectivity index (χ0) is 25.3. The van der Waals surface area contributed by atoms with Crippen LogP contribution in [0, 0.1) is 0 Å². The first-order valence-electron chi connectivity index (χ1n) is 12.9. The molecule has 1 saturated carbocycles. The lowest BCUT2D eigenvalue weighted by molar-refractivity contribution is 0.0276. The third-order valence-electron chi connectivity index (χ3n) is 7.72. The number of rotatable bonds is 8. The van der Waals surface area contributed by atoms with Crippen molar-refractivity contribution in [1.82, 2.24) is 20.1 Å². The molecule has 1 atom stereocenters. The number of fused-ring (bicyclic) bond motifs is 3. The van der Waals surface area contributed by atoms with E-state index in [-0.39, 0.29) is 11.7 Å². The summed E-state index contributed by atoms with van der Waals surface area (Å²) in [6.07, 6.45) is 7.50. The molecule has 5 rings (SSSR count). The van der Waals surface area contributed by atoms with Gasteiger partial charge in [0.15, 0.2) is 5.66 Å². The average Bonchev–Trinajstić information content (AvgIpc) is 3.30. The highest BCUT2D eigenvalue weighted by Crippen LogP contribution is 2.38. The number of nitrogens with one attached hydrogen (secondary N) is 2. The number of likely N-dealkylation sites (N-methyl/N-ethyl adjacent to an activating group) is 1. The number of phenolic OH excluding ortho intramolecular Hbond substituents is 1. The number of halogens is 1. The Morgan fingerprint density at radius 2 is 1.92 bits per heavy atom. The fraction of sp³-hybridized carbons (Fsp3) is 0.464. The monoisotopic (exact) mass is 510 g/mol. The number of alkyl halides is 1. The summed E-state index contributed by atoms with van der Waals surface area (Å²) in [5.41, 5.74) is 2.46. The maximum absolute atomic E-state index is 14.1. The highest BCUT2D eigenvalue weighted by molar-refractivity contribution is 7.19. The van der Waals surface area contributed by atoms with Crippen LogP contribution in [-0.2, 0) is 19.5 Å². The van der Waals surface area contributed by atoms with E-state index < -0.39 is 12.3 Å². The molecule has 2 aliphatic rings. The summed E-state index contributed by atoms with van der Waals surface area (Å²) >= 11 is 1.55. The van der Waals surface area contributed by atoms with Crippen LogP contribution in [0.4, 0.5) is 4.39 Å². The van der Waals surface area contributed by atoms with E-state index in [9.17, 15) is 14.3 Å². The molecular weight excluding hydrogens is 475 g/mol. The lowest BCUT2D eigenvalue weighted by Gasteiger charge is -2.49. The molecule has 3 heterocycles. The maximum Gasteiger partial charge on any atom is 0.272 e. The molecule has 1 fully saturated rings. The number of thiophene rings is 1. The predicted molar refractivity (Wildman–Crippen MR) is 143 cm³/mol. The van der Waals surface area contributed by atoms with Gasteiger partial charge in [0.05, 0.1) is 23.4 Å². The number of carbonyl (C=O) groups excluding carboxylic acids is 1. The Bertz CT molecular complexity index is 1240. The molecule has 0 bridgehead atoms. The number of nitrogens with zero attached hydrogens (tertiary/aromatic N) is 2. The quantitative estimate of drug-likeness (QED) is 0.359. The minimum Gasteiger partial charge on any atom is -0.508 e. The average molecular weight is 511 g/mol. The second-order valence-corrected chi connectivity index (χ2v) is 11.2. The summed E-state index contributed by atoms with van der Waals surface area (Å²) in [6, 6.07) is 11.3. The molecule has 3 aromatic rings. The standard InChI is InChI=1S/C28H35FN4O2S/c1-19(31-21-7-5-3-4-6-8-21)28(30-2)18-32-24-15-23(13-14-29)36-26(24)16-25(32)27(35)33(28)17-20-9-11-22(34)12-10-20/h9-12,15-16,21,30-31,34H,1,3-8,13-14,17-18H2,2H3. The van der Waals surface area contributed by atoms with Crippen LogP contribution in [0.1, 0.15) is 59.5 Å². The topological polar surface area (TPSA) is 69.5 Å². The van der Waals surface area contributed by atoms with Crippen LogP contribution in [0.2, 0.25) is 0 Å². The molecule has 1 aliphatic heterocycles. The molecule has 192 valence electrons. The first-order valence-corrected chi connectivity index (χ1v) is 13.7. The third kappa shape index (κ3) is 4.52. The van der Waals surface area contributed by atoms with E-state index in [0.717, 1.165) is 39.2 Å². The van der Waals surface area contributed by atoms with Crippen molar-refractivity contribution in [2.45, 2.75) is 69.7 Å². The van der Waals surface area contributed by atoms with E-state index in [1.54, 1.807) is 23.5 Å². The Hall–Kier alpha value is -2.84. The summed E-state index contributed by atoms with van der Waals surface area (Å²) in [4.78, 5) is 16.9. The van der Waals surface area contributed by atoms with Gasteiger partial charge in [-0.1, -0.05) is 44.4 Å². The second kappa shape index (κ2) is 10.3. The minimum atomic E-state index is -0.859. The molecule has 1 aliphatic carbocycles. The Morgan fingerprint density at radius 3 is 2.58 bits per heavy atom. The minimum absolute atomic E-state index is 0.0806. The Kier molecular flexibility index (Phi) is 7.08. The van der Waals surface area contributed by atoms with Gasteiger partial charge < -0.3 is 19.9 Å². The lowest BCUT2D eigenvalue weighted by Crippen LogP contribution is -2.67. The normalized spacial score (nSPS) is 20.9. The van der Waals surface area contributed by atoms with E-state index in [4.69, 9.17) is 0 Å². The van der Waals surface area contributed by atoms with Crippen molar-refractivity contribution in [1.29, 1.82) is 0 Å². The summed E-state index contributed by atoms with van der Waals surface area (Å²) in [6.45, 7) is 4.97. The number of hydrogen-bond acceptors (Lipinski definition) is 5. The van der Waals surface area contributed by atoms with E-state index in [2.05, 4.69) is 21.8 Å². The van der Waals surface area contributed by atoms with Crippen LogP contribution >= 0.6 is 11.3 Å². The first kappa shape index (κ1) is 24.8. The van der Waals surface area contributed by atoms with Crippen molar-refractivity contribution < 1.29 is 14.3 Å². The number of phenols is 1. The highest BCUT2D eigenvalue weighted by atomic mass is 32.1. The van der Waals surface area contributed by atoms with E-state index in [1.165, 1.54) is 25.7 Å². The second-order valence-electron chi connectivity index (χ2n) is 10.00. The maximum atomic E-state index is 14.1. The van der Waals surface area contributed by atoms with Gasteiger partial charge in [-0.25, -0.2) is 0 Å². The van der Waals surface area contributed by atoms with Gasteiger partial charge in [0.25, 0.3) is 5.91 Å². The molecule has 1 aromatic carbocycles. The Balaban J connectivity index is 1.55. The van der Waals surface area contributed by atoms with E-state index >= 15 is 0 Å². The van der Waals surface area contributed by atoms with Crippen molar-refractivity contribution in [2.24, 2.45) is 0 Å². The van der Waals surface area contributed by atoms with Gasteiger partial charge in [-0.2, -0.15) is 0 Å². The van der Waals surface area contributed by atoms with E-state index in [0.29, 0.717) is 31.2 Å². The van der Waals surface area contributed by atoms with E-state index in [1.807, 2.05) is 36.2 Å². The molecule has 2 aromatic heterocycles. The fourth-order valence-electron chi connectivity index (χ4n) is 5.69. The molecule has 8 heteroatoms. The zero-order valence-corrected chi connectivity index (χ0v) is 21.7. The predicted octanol–water partition coefficient (Wildman–Crippen LogP) is 5.32. The summed E-state index contributed by atoms with van der Waals surface area (Å²) < 4.78 is 16.1. The van der Waals surface area contributed by atoms with Crippen molar-refractivity contribution in [2.75, 3.05) is 13.7 Å². The van der Waals surface area contributed by atoms with Crippen LogP contribution in [-0.4, -0.2) is 45.9 Å². The third-order valence-corrected chi connectivity index (χ3v) is 8.85. The Morgan fingerprint density at radius 1 is 1.19 bits per heavy atom. The number of benzene rings is 1. The number of hydrogen-bond donors (Lipinski definition) is 3. The molecular formula is C28H35FN4O2S. The van der Waals surface area contributed by atoms with Gasteiger partial charge in [0.1, 0.15) is 11.4 Å². The number of amides is 1. The molecule has 0 spiro atoms. The zero-order valence-electron chi connectivity index (χ0n) is 20.9. The van der Waals surface area contributed by atoms with Crippen molar-refractivity contribution in [3.8, 4) is 5.75 Å². The van der Waals surface area contributed by atoms with Gasteiger partial charge >= 0.3 is 0 Å². The number of carbonyl (C=O) groups is 1. The lowest BCUT2D eigenvalue weighted by atomic mass is 9.97.